The highest BCUT2D eigenvalue weighted by atomic mass is 32.1. The van der Waals surface area contributed by atoms with Crippen molar-refractivity contribution in [2.24, 2.45) is 5.92 Å². The molecule has 2 heterocycles. The Balaban J connectivity index is 1.91. The summed E-state index contributed by atoms with van der Waals surface area (Å²) in [6.07, 6.45) is 1.24. The third-order valence-corrected chi connectivity index (χ3v) is 5.41. The topological polar surface area (TPSA) is 12.0 Å². The maximum atomic E-state index is 3.62. The maximum absolute atomic E-state index is 3.62. The van der Waals surface area contributed by atoms with E-state index in [9.17, 15) is 0 Å². The summed E-state index contributed by atoms with van der Waals surface area (Å²) in [5.74, 6) is 0.738. The first-order chi connectivity index (χ1) is 8.70. The van der Waals surface area contributed by atoms with Crippen LogP contribution in [0.4, 0.5) is 0 Å². The third kappa shape index (κ3) is 3.44. The Hall–Kier alpha value is -0.640. The third-order valence-electron chi connectivity index (χ3n) is 3.56. The molecule has 0 aliphatic carbocycles. The van der Waals surface area contributed by atoms with Crippen LogP contribution < -0.4 is 5.32 Å². The van der Waals surface area contributed by atoms with E-state index in [1.807, 2.05) is 22.7 Å². The predicted octanol–water partition coefficient (Wildman–Crippen LogP) is 5.00. The fourth-order valence-electron chi connectivity index (χ4n) is 1.86. The molecule has 0 aliphatic rings. The zero-order valence-corrected chi connectivity index (χ0v) is 12.9. The fraction of sp³-hybridized carbons (Fsp3) is 0.467. The van der Waals surface area contributed by atoms with Crippen LogP contribution in [-0.4, -0.2) is 6.04 Å². The molecule has 0 amide bonds. The van der Waals surface area contributed by atoms with Crippen molar-refractivity contribution in [2.45, 2.75) is 39.8 Å². The Morgan fingerprint density at radius 2 is 2.11 bits per heavy atom. The Bertz CT molecular complexity index is 459. The molecule has 2 atom stereocenters. The highest BCUT2D eigenvalue weighted by Gasteiger charge is 2.10. The van der Waals surface area contributed by atoms with Gasteiger partial charge in [0.15, 0.2) is 0 Å². The molecular formula is C15H21NS2. The maximum Gasteiger partial charge on any atom is 0.0351 e. The molecule has 0 aromatic carbocycles. The highest BCUT2D eigenvalue weighted by Crippen LogP contribution is 2.29. The predicted molar refractivity (Wildman–Crippen MR) is 83.4 cm³/mol. The fourth-order valence-corrected chi connectivity index (χ4v) is 3.49. The van der Waals surface area contributed by atoms with Gasteiger partial charge in [-0.25, -0.2) is 0 Å². The molecule has 0 saturated heterocycles. The lowest BCUT2D eigenvalue weighted by atomic mass is 10.0. The van der Waals surface area contributed by atoms with Gasteiger partial charge in [0.1, 0.15) is 0 Å². The molecule has 0 aliphatic heterocycles. The number of rotatable bonds is 6. The smallest absolute Gasteiger partial charge is 0.0351 e. The minimum atomic E-state index is 0.585. The van der Waals surface area contributed by atoms with Gasteiger partial charge in [-0.3, -0.25) is 0 Å². The first kappa shape index (κ1) is 13.8. The molecule has 2 rings (SSSR count). The lowest BCUT2D eigenvalue weighted by molar-refractivity contribution is 0.391. The van der Waals surface area contributed by atoms with E-state index in [-0.39, 0.29) is 0 Å². The SMILES string of the molecule is CCC(C)C(C)NCc1cc(-c2cccs2)cs1. The first-order valence-corrected chi connectivity index (χ1v) is 8.31. The lowest BCUT2D eigenvalue weighted by Crippen LogP contribution is -2.30. The Morgan fingerprint density at radius 3 is 2.78 bits per heavy atom. The summed E-state index contributed by atoms with van der Waals surface area (Å²) >= 11 is 3.66. The second kappa shape index (κ2) is 6.50. The molecule has 2 aromatic rings. The quantitative estimate of drug-likeness (QED) is 0.784. The Kier molecular flexibility index (Phi) is 4.98. The van der Waals surface area contributed by atoms with Crippen LogP contribution in [0.2, 0.25) is 0 Å². The van der Waals surface area contributed by atoms with Crippen molar-refractivity contribution >= 4 is 22.7 Å². The van der Waals surface area contributed by atoms with E-state index < -0.39 is 0 Å². The molecule has 0 saturated carbocycles. The van der Waals surface area contributed by atoms with Crippen molar-refractivity contribution in [3.63, 3.8) is 0 Å². The van der Waals surface area contributed by atoms with Crippen LogP contribution in [0.1, 0.15) is 32.1 Å². The molecule has 98 valence electrons. The van der Waals surface area contributed by atoms with Crippen molar-refractivity contribution in [3.05, 3.63) is 33.8 Å². The zero-order chi connectivity index (χ0) is 13.0. The van der Waals surface area contributed by atoms with Gasteiger partial charge >= 0.3 is 0 Å². The minimum absolute atomic E-state index is 0.585. The minimum Gasteiger partial charge on any atom is -0.309 e. The van der Waals surface area contributed by atoms with Gasteiger partial charge in [-0.2, -0.15) is 0 Å². The standard InChI is InChI=1S/C15H21NS2/c1-4-11(2)12(3)16-9-14-8-13(10-18-14)15-6-5-7-17-15/h5-8,10-12,16H,4,9H2,1-3H3. The van der Waals surface area contributed by atoms with Crippen molar-refractivity contribution in [1.82, 2.24) is 5.32 Å². The van der Waals surface area contributed by atoms with Crippen LogP contribution in [0.25, 0.3) is 10.4 Å². The summed E-state index contributed by atoms with van der Waals surface area (Å²) in [5, 5.41) is 8.02. The van der Waals surface area contributed by atoms with Crippen LogP contribution in [0.15, 0.2) is 29.0 Å². The Labute approximate surface area is 118 Å². The van der Waals surface area contributed by atoms with Crippen LogP contribution >= 0.6 is 22.7 Å². The number of nitrogens with one attached hydrogen (secondary N) is 1. The molecule has 3 heteroatoms. The van der Waals surface area contributed by atoms with Gasteiger partial charge in [0, 0.05) is 27.9 Å². The number of thiophene rings is 2. The van der Waals surface area contributed by atoms with Crippen molar-refractivity contribution in [3.8, 4) is 10.4 Å². The molecule has 1 nitrogen and oxygen atoms in total. The first-order valence-electron chi connectivity index (χ1n) is 6.55. The van der Waals surface area contributed by atoms with Crippen molar-refractivity contribution in [1.29, 1.82) is 0 Å². The molecule has 2 aromatic heterocycles. The van der Waals surface area contributed by atoms with Gasteiger partial charge in [-0.1, -0.05) is 26.3 Å². The zero-order valence-electron chi connectivity index (χ0n) is 11.3. The summed E-state index contributed by atoms with van der Waals surface area (Å²) in [4.78, 5) is 2.79. The molecular weight excluding hydrogens is 258 g/mol. The van der Waals surface area contributed by atoms with Crippen molar-refractivity contribution < 1.29 is 0 Å². The molecule has 1 N–H and O–H groups in total. The summed E-state index contributed by atoms with van der Waals surface area (Å²) in [6.45, 7) is 7.83. The van der Waals surface area contributed by atoms with Crippen LogP contribution in [0, 0.1) is 5.92 Å². The largest absolute Gasteiger partial charge is 0.309 e. The van der Waals surface area contributed by atoms with Gasteiger partial charge in [0.05, 0.1) is 0 Å². The van der Waals surface area contributed by atoms with Gasteiger partial charge < -0.3 is 5.32 Å². The highest BCUT2D eigenvalue weighted by molar-refractivity contribution is 7.14. The van der Waals surface area contributed by atoms with E-state index in [1.54, 1.807) is 0 Å². The van der Waals surface area contributed by atoms with Gasteiger partial charge in [-0.15, -0.1) is 22.7 Å². The van der Waals surface area contributed by atoms with Crippen molar-refractivity contribution in [2.75, 3.05) is 0 Å². The van der Waals surface area contributed by atoms with Crippen LogP contribution in [0.5, 0.6) is 0 Å². The number of hydrogen-bond donors (Lipinski definition) is 1. The summed E-state index contributed by atoms with van der Waals surface area (Å²) in [6, 6.07) is 7.20. The lowest BCUT2D eigenvalue weighted by Gasteiger charge is -2.19. The van der Waals surface area contributed by atoms with E-state index in [4.69, 9.17) is 0 Å². The van der Waals surface area contributed by atoms with E-state index >= 15 is 0 Å². The second-order valence-electron chi connectivity index (χ2n) is 4.83. The monoisotopic (exact) mass is 279 g/mol. The summed E-state index contributed by atoms with van der Waals surface area (Å²) in [5.41, 5.74) is 1.36. The molecule has 18 heavy (non-hydrogen) atoms. The average Bonchev–Trinajstić information content (AvgIpc) is 3.04. The van der Waals surface area contributed by atoms with E-state index in [0.717, 1.165) is 12.5 Å². The van der Waals surface area contributed by atoms with Gasteiger partial charge in [-0.05, 0) is 35.7 Å². The average molecular weight is 279 g/mol. The molecule has 0 fully saturated rings. The second-order valence-corrected chi connectivity index (χ2v) is 6.78. The van der Waals surface area contributed by atoms with E-state index in [2.05, 4.69) is 55.0 Å². The van der Waals surface area contributed by atoms with Crippen LogP contribution in [-0.2, 0) is 6.54 Å². The molecule has 2 unspecified atom stereocenters. The summed E-state index contributed by atoms with van der Waals surface area (Å²) < 4.78 is 0. The summed E-state index contributed by atoms with van der Waals surface area (Å²) in [7, 11) is 0. The number of hydrogen-bond acceptors (Lipinski definition) is 3. The van der Waals surface area contributed by atoms with E-state index in [1.165, 1.54) is 21.7 Å². The van der Waals surface area contributed by atoms with Crippen LogP contribution in [0.3, 0.4) is 0 Å². The molecule has 0 spiro atoms. The Morgan fingerprint density at radius 1 is 1.28 bits per heavy atom. The molecule has 0 bridgehead atoms. The van der Waals surface area contributed by atoms with Gasteiger partial charge in [0.25, 0.3) is 0 Å². The normalized spacial score (nSPS) is 14.6. The van der Waals surface area contributed by atoms with Gasteiger partial charge in [0.2, 0.25) is 0 Å². The molecule has 0 radical (unpaired) electrons. The van der Waals surface area contributed by atoms with E-state index in [0.29, 0.717) is 6.04 Å².